The molecule has 1 aromatic carbocycles. The molecule has 0 unspecified atom stereocenters. The third kappa shape index (κ3) is 2.12. The van der Waals surface area contributed by atoms with Gasteiger partial charge in [-0.1, -0.05) is 0 Å². The highest BCUT2D eigenvalue weighted by molar-refractivity contribution is 6.02. The van der Waals surface area contributed by atoms with Crippen LogP contribution in [0.4, 0.5) is 5.69 Å². The minimum atomic E-state index is -1.09. The SMILES string of the molecule is CNc1cc(C(=O)O)nc2c(OC)ccc(OC)c12. The monoisotopic (exact) mass is 262 g/mol. The largest absolute Gasteiger partial charge is 0.496 e. The maximum atomic E-state index is 11.1. The molecule has 0 aliphatic rings. The van der Waals surface area contributed by atoms with Gasteiger partial charge in [-0.15, -0.1) is 0 Å². The van der Waals surface area contributed by atoms with Gasteiger partial charge in [-0.25, -0.2) is 9.78 Å². The van der Waals surface area contributed by atoms with Crippen molar-refractivity contribution in [2.24, 2.45) is 0 Å². The molecule has 2 N–H and O–H groups in total. The number of benzene rings is 1. The normalized spacial score (nSPS) is 10.3. The fraction of sp³-hybridized carbons (Fsp3) is 0.231. The van der Waals surface area contributed by atoms with Crippen LogP contribution in [0.1, 0.15) is 10.5 Å². The number of aromatic nitrogens is 1. The molecule has 100 valence electrons. The second-order valence-corrected chi connectivity index (χ2v) is 3.80. The summed E-state index contributed by atoms with van der Waals surface area (Å²) in [6.07, 6.45) is 0. The van der Waals surface area contributed by atoms with Crippen LogP contribution < -0.4 is 14.8 Å². The van der Waals surface area contributed by atoms with Crippen LogP contribution >= 0.6 is 0 Å². The molecule has 19 heavy (non-hydrogen) atoms. The van der Waals surface area contributed by atoms with E-state index in [1.807, 2.05) is 0 Å². The smallest absolute Gasteiger partial charge is 0.354 e. The van der Waals surface area contributed by atoms with Gasteiger partial charge in [0.05, 0.1) is 19.6 Å². The van der Waals surface area contributed by atoms with Crippen LogP contribution in [0.2, 0.25) is 0 Å². The van der Waals surface area contributed by atoms with E-state index in [4.69, 9.17) is 14.6 Å². The summed E-state index contributed by atoms with van der Waals surface area (Å²) in [5.74, 6) is 0.00302. The summed E-state index contributed by atoms with van der Waals surface area (Å²) in [5.41, 5.74) is 1.02. The lowest BCUT2D eigenvalue weighted by molar-refractivity contribution is 0.0691. The molecular formula is C13H14N2O4. The highest BCUT2D eigenvalue weighted by Crippen LogP contribution is 2.37. The Morgan fingerprint density at radius 3 is 2.42 bits per heavy atom. The van der Waals surface area contributed by atoms with E-state index in [1.165, 1.54) is 13.2 Å². The molecule has 1 aromatic heterocycles. The first kappa shape index (κ1) is 12.9. The van der Waals surface area contributed by atoms with E-state index in [1.54, 1.807) is 26.3 Å². The molecule has 0 aliphatic heterocycles. The Bertz CT molecular complexity index is 640. The minimum absolute atomic E-state index is 0.0524. The van der Waals surface area contributed by atoms with Crippen LogP contribution in [0, 0.1) is 0 Å². The number of carboxylic acid groups (broad SMARTS) is 1. The summed E-state index contributed by atoms with van der Waals surface area (Å²) >= 11 is 0. The average Bonchev–Trinajstić information content (AvgIpc) is 2.44. The van der Waals surface area contributed by atoms with Gasteiger partial charge in [-0.3, -0.25) is 0 Å². The zero-order valence-corrected chi connectivity index (χ0v) is 10.9. The minimum Gasteiger partial charge on any atom is -0.496 e. The summed E-state index contributed by atoms with van der Waals surface area (Å²) < 4.78 is 10.5. The van der Waals surface area contributed by atoms with Gasteiger partial charge in [0.15, 0.2) is 5.69 Å². The van der Waals surface area contributed by atoms with E-state index >= 15 is 0 Å². The highest BCUT2D eigenvalue weighted by Gasteiger charge is 2.16. The number of ether oxygens (including phenoxy) is 2. The zero-order valence-electron chi connectivity index (χ0n) is 10.9. The molecule has 0 radical (unpaired) electrons. The molecule has 6 heteroatoms. The van der Waals surface area contributed by atoms with Crippen LogP contribution in [-0.4, -0.2) is 37.3 Å². The molecule has 0 aliphatic carbocycles. The number of nitrogens with zero attached hydrogens (tertiary/aromatic N) is 1. The van der Waals surface area contributed by atoms with Crippen LogP contribution in [0.5, 0.6) is 11.5 Å². The molecule has 2 rings (SSSR count). The van der Waals surface area contributed by atoms with Gasteiger partial charge in [0.2, 0.25) is 0 Å². The first-order chi connectivity index (χ1) is 9.12. The third-order valence-electron chi connectivity index (χ3n) is 2.81. The van der Waals surface area contributed by atoms with Crippen molar-refractivity contribution in [3.8, 4) is 11.5 Å². The first-order valence-electron chi connectivity index (χ1n) is 5.59. The summed E-state index contributed by atoms with van der Waals surface area (Å²) in [5, 5.41) is 12.7. The van der Waals surface area contributed by atoms with Gasteiger partial charge in [0.1, 0.15) is 17.0 Å². The standard InChI is InChI=1S/C13H14N2O4/c1-14-7-6-8(13(16)17)15-12-10(19-3)5-4-9(18-2)11(7)12/h4-6H,1-3H3,(H,14,15)(H,16,17). The van der Waals surface area contributed by atoms with E-state index in [0.717, 1.165) is 0 Å². The van der Waals surface area contributed by atoms with Crippen LogP contribution in [0.15, 0.2) is 18.2 Å². The topological polar surface area (TPSA) is 80.7 Å². The molecule has 0 bridgehead atoms. The lowest BCUT2D eigenvalue weighted by atomic mass is 10.1. The first-order valence-corrected chi connectivity index (χ1v) is 5.59. The van der Waals surface area contributed by atoms with Crippen molar-refractivity contribution in [3.05, 3.63) is 23.9 Å². The number of rotatable bonds is 4. The van der Waals surface area contributed by atoms with Crippen molar-refractivity contribution in [1.29, 1.82) is 0 Å². The molecular weight excluding hydrogens is 248 g/mol. The van der Waals surface area contributed by atoms with Gasteiger partial charge in [0, 0.05) is 12.7 Å². The van der Waals surface area contributed by atoms with Crippen LogP contribution in [0.3, 0.4) is 0 Å². The number of fused-ring (bicyclic) bond motifs is 1. The molecule has 0 atom stereocenters. The Balaban J connectivity index is 2.90. The number of carboxylic acids is 1. The van der Waals surface area contributed by atoms with E-state index in [0.29, 0.717) is 28.1 Å². The Hall–Kier alpha value is -2.50. The summed E-state index contributed by atoms with van der Waals surface area (Å²) in [6.45, 7) is 0. The Morgan fingerprint density at radius 1 is 1.26 bits per heavy atom. The number of nitrogens with one attached hydrogen (secondary N) is 1. The van der Waals surface area contributed by atoms with Crippen molar-refractivity contribution < 1.29 is 19.4 Å². The van der Waals surface area contributed by atoms with Crippen LogP contribution in [-0.2, 0) is 0 Å². The van der Waals surface area contributed by atoms with Crippen molar-refractivity contribution in [1.82, 2.24) is 4.98 Å². The quantitative estimate of drug-likeness (QED) is 0.877. The van der Waals surface area contributed by atoms with Crippen LogP contribution in [0.25, 0.3) is 10.9 Å². The number of aromatic carboxylic acids is 1. The molecule has 1 heterocycles. The third-order valence-corrected chi connectivity index (χ3v) is 2.81. The summed E-state index contributed by atoms with van der Waals surface area (Å²) in [6, 6.07) is 4.91. The maximum Gasteiger partial charge on any atom is 0.354 e. The van der Waals surface area contributed by atoms with Crippen molar-refractivity contribution in [2.75, 3.05) is 26.6 Å². The molecule has 0 fully saturated rings. The lowest BCUT2D eigenvalue weighted by Crippen LogP contribution is -2.04. The molecule has 0 spiro atoms. The average molecular weight is 262 g/mol. The molecule has 0 amide bonds. The highest BCUT2D eigenvalue weighted by atomic mass is 16.5. The number of methoxy groups -OCH3 is 2. The number of hydrogen-bond donors (Lipinski definition) is 2. The Morgan fingerprint density at radius 2 is 1.89 bits per heavy atom. The number of pyridine rings is 1. The van der Waals surface area contributed by atoms with E-state index < -0.39 is 5.97 Å². The fourth-order valence-electron chi connectivity index (χ4n) is 1.93. The second kappa shape index (κ2) is 5.01. The summed E-state index contributed by atoms with van der Waals surface area (Å²) in [4.78, 5) is 15.2. The van der Waals surface area contributed by atoms with E-state index in [-0.39, 0.29) is 5.69 Å². The number of hydrogen-bond acceptors (Lipinski definition) is 5. The predicted molar refractivity (Wildman–Crippen MR) is 71.4 cm³/mol. The lowest BCUT2D eigenvalue weighted by Gasteiger charge is -2.13. The van der Waals surface area contributed by atoms with Crippen molar-refractivity contribution in [3.63, 3.8) is 0 Å². The second-order valence-electron chi connectivity index (χ2n) is 3.80. The molecule has 6 nitrogen and oxygen atoms in total. The number of anilines is 1. The molecule has 0 saturated carbocycles. The molecule has 0 saturated heterocycles. The van der Waals surface area contributed by atoms with E-state index in [9.17, 15) is 4.79 Å². The van der Waals surface area contributed by atoms with Crippen molar-refractivity contribution in [2.45, 2.75) is 0 Å². The van der Waals surface area contributed by atoms with E-state index in [2.05, 4.69) is 10.3 Å². The van der Waals surface area contributed by atoms with Gasteiger partial charge < -0.3 is 19.9 Å². The van der Waals surface area contributed by atoms with Gasteiger partial charge in [-0.05, 0) is 18.2 Å². The predicted octanol–water partition coefficient (Wildman–Crippen LogP) is 1.99. The van der Waals surface area contributed by atoms with Gasteiger partial charge in [0.25, 0.3) is 0 Å². The van der Waals surface area contributed by atoms with Crippen molar-refractivity contribution >= 4 is 22.6 Å². The van der Waals surface area contributed by atoms with Gasteiger partial charge >= 0.3 is 5.97 Å². The Labute approximate surface area is 110 Å². The van der Waals surface area contributed by atoms with Gasteiger partial charge in [-0.2, -0.15) is 0 Å². The zero-order chi connectivity index (χ0) is 14.0. The molecule has 2 aromatic rings. The number of carbonyl (C=O) groups is 1. The maximum absolute atomic E-state index is 11.1. The summed E-state index contributed by atoms with van der Waals surface area (Å²) in [7, 11) is 4.76. The Kier molecular flexibility index (Phi) is 3.41. The fourth-order valence-corrected chi connectivity index (χ4v) is 1.93.